The number of carbonyl (C=O) groups is 1. The van der Waals surface area contributed by atoms with Gasteiger partial charge in [0.05, 0.1) is 26.8 Å². The highest BCUT2D eigenvalue weighted by atomic mass is 79.9. The van der Waals surface area contributed by atoms with Crippen LogP contribution in [0.5, 0.6) is 11.5 Å². The van der Waals surface area contributed by atoms with Crippen LogP contribution in [0.25, 0.3) is 11.2 Å². The van der Waals surface area contributed by atoms with E-state index in [1.807, 2.05) is 0 Å². The summed E-state index contributed by atoms with van der Waals surface area (Å²) in [5.74, 6) is 0.602. The number of ether oxygens (including phenoxy) is 2. The minimum absolute atomic E-state index is 0.102. The molecule has 158 valence electrons. The van der Waals surface area contributed by atoms with Gasteiger partial charge in [-0.15, -0.1) is 0 Å². The number of aromatic nitrogens is 4. The summed E-state index contributed by atoms with van der Waals surface area (Å²) < 4.78 is 14.8. The third-order valence-electron chi connectivity index (χ3n) is 4.42. The van der Waals surface area contributed by atoms with Crippen molar-refractivity contribution in [2.45, 2.75) is 6.54 Å². The second-order valence-electron chi connectivity index (χ2n) is 6.27. The van der Waals surface area contributed by atoms with Crippen LogP contribution in [0.2, 0.25) is 0 Å². The number of hydrazone groups is 1. The van der Waals surface area contributed by atoms with Gasteiger partial charge in [0, 0.05) is 24.1 Å². The molecule has 3 aromatic rings. The summed E-state index contributed by atoms with van der Waals surface area (Å²) in [4.78, 5) is 40.6. The van der Waals surface area contributed by atoms with Crippen LogP contribution in [0, 0.1) is 0 Å². The molecule has 1 aromatic carbocycles. The summed E-state index contributed by atoms with van der Waals surface area (Å²) in [6.07, 6.45) is 2.78. The average Bonchev–Trinajstić information content (AvgIpc) is 3.15. The molecule has 30 heavy (non-hydrogen) atoms. The Bertz CT molecular complexity index is 1270. The van der Waals surface area contributed by atoms with Gasteiger partial charge in [0.2, 0.25) is 0 Å². The smallest absolute Gasteiger partial charge is 0.332 e. The lowest BCUT2D eigenvalue weighted by atomic mass is 10.2. The summed E-state index contributed by atoms with van der Waals surface area (Å²) in [6, 6.07) is 3.42. The molecule has 0 aliphatic rings. The molecule has 0 atom stereocenters. The molecule has 0 aliphatic heterocycles. The average molecular weight is 479 g/mol. The number of hydrogen-bond acceptors (Lipinski definition) is 7. The topological polar surface area (TPSA) is 122 Å². The van der Waals surface area contributed by atoms with E-state index in [4.69, 9.17) is 9.47 Å². The number of carbonyl (C=O) groups excluding carboxylic acids is 1. The number of benzene rings is 1. The maximum absolute atomic E-state index is 12.3. The molecule has 12 heteroatoms. The fourth-order valence-electron chi connectivity index (χ4n) is 2.89. The first-order chi connectivity index (χ1) is 14.3. The Labute approximate surface area is 178 Å². The van der Waals surface area contributed by atoms with E-state index < -0.39 is 17.2 Å². The maximum atomic E-state index is 12.3. The van der Waals surface area contributed by atoms with Gasteiger partial charge in [0.15, 0.2) is 17.0 Å². The van der Waals surface area contributed by atoms with Crippen molar-refractivity contribution < 1.29 is 14.3 Å². The number of methoxy groups -OCH3 is 2. The number of imidazole rings is 1. The van der Waals surface area contributed by atoms with Gasteiger partial charge in [-0.1, -0.05) is 0 Å². The monoisotopic (exact) mass is 478 g/mol. The Hall–Kier alpha value is -3.41. The largest absolute Gasteiger partial charge is 0.493 e. The standard InChI is InChI=1S/C18H19BrN6O5/c1-23-16-15(17(27)24(2)18(23)28)20-9-25(16)8-14(26)22-21-7-10-5-12(29-3)13(30-4)6-11(10)19/h5-7,9H,8H2,1-4H3,(H,22,26)/b21-7-. The lowest BCUT2D eigenvalue weighted by molar-refractivity contribution is -0.121. The molecule has 1 N–H and O–H groups in total. The molecular weight excluding hydrogens is 460 g/mol. The van der Waals surface area contributed by atoms with Crippen LogP contribution in [0.1, 0.15) is 5.56 Å². The van der Waals surface area contributed by atoms with Gasteiger partial charge in [-0.3, -0.25) is 18.7 Å². The summed E-state index contributed by atoms with van der Waals surface area (Å²) in [5, 5.41) is 3.95. The minimum Gasteiger partial charge on any atom is -0.493 e. The van der Waals surface area contributed by atoms with Crippen LogP contribution in [-0.4, -0.2) is 45.0 Å². The van der Waals surface area contributed by atoms with Crippen molar-refractivity contribution in [3.63, 3.8) is 0 Å². The molecule has 0 saturated heterocycles. The Morgan fingerprint density at radius 1 is 1.20 bits per heavy atom. The van der Waals surface area contributed by atoms with E-state index in [0.29, 0.717) is 21.5 Å². The van der Waals surface area contributed by atoms with Gasteiger partial charge in [0.25, 0.3) is 11.5 Å². The highest BCUT2D eigenvalue weighted by Crippen LogP contribution is 2.32. The first-order valence-corrected chi connectivity index (χ1v) is 9.42. The van der Waals surface area contributed by atoms with Crippen LogP contribution >= 0.6 is 15.9 Å². The lowest BCUT2D eigenvalue weighted by Gasteiger charge is -2.09. The molecular formula is C18H19BrN6O5. The van der Waals surface area contributed by atoms with Crippen LogP contribution in [0.4, 0.5) is 0 Å². The molecule has 0 aliphatic carbocycles. The fourth-order valence-corrected chi connectivity index (χ4v) is 3.31. The van der Waals surface area contributed by atoms with Gasteiger partial charge in [-0.2, -0.15) is 5.10 Å². The van der Waals surface area contributed by atoms with Gasteiger partial charge < -0.3 is 14.0 Å². The van der Waals surface area contributed by atoms with Crippen LogP contribution in [0.15, 0.2) is 37.6 Å². The number of nitrogens with one attached hydrogen (secondary N) is 1. The fraction of sp³-hybridized carbons (Fsp3) is 0.278. The molecule has 1 amide bonds. The Morgan fingerprint density at radius 3 is 2.53 bits per heavy atom. The van der Waals surface area contributed by atoms with E-state index in [-0.39, 0.29) is 17.7 Å². The molecule has 0 unspecified atom stereocenters. The molecule has 3 rings (SSSR count). The number of amides is 1. The Morgan fingerprint density at radius 2 is 1.87 bits per heavy atom. The highest BCUT2D eigenvalue weighted by molar-refractivity contribution is 9.10. The number of rotatable bonds is 6. The van der Waals surface area contributed by atoms with Crippen molar-refractivity contribution in [1.29, 1.82) is 0 Å². The van der Waals surface area contributed by atoms with Crippen molar-refractivity contribution in [1.82, 2.24) is 24.1 Å². The third kappa shape index (κ3) is 3.85. The van der Waals surface area contributed by atoms with Crippen LogP contribution in [0.3, 0.4) is 0 Å². The number of halogens is 1. The molecule has 0 bridgehead atoms. The lowest BCUT2D eigenvalue weighted by Crippen LogP contribution is -2.37. The van der Waals surface area contributed by atoms with Crippen LogP contribution < -0.4 is 26.1 Å². The Kier molecular flexibility index (Phi) is 6.06. The highest BCUT2D eigenvalue weighted by Gasteiger charge is 2.15. The number of hydrogen-bond donors (Lipinski definition) is 1. The second kappa shape index (κ2) is 8.53. The first kappa shape index (κ1) is 21.3. The summed E-state index contributed by atoms with van der Waals surface area (Å²) in [6.45, 7) is -0.179. The van der Waals surface area contributed by atoms with Gasteiger partial charge in [-0.05, 0) is 28.1 Å². The summed E-state index contributed by atoms with van der Waals surface area (Å²) in [5.41, 5.74) is 2.39. The van der Waals surface area contributed by atoms with Crippen molar-refractivity contribution in [2.75, 3.05) is 14.2 Å². The quantitative estimate of drug-likeness (QED) is 0.403. The SMILES string of the molecule is COc1cc(Br)c(/C=N\NC(=O)Cn2cnc3c(=O)n(C)c(=O)n(C)c32)cc1OC. The van der Waals surface area contributed by atoms with Crippen molar-refractivity contribution >= 4 is 39.2 Å². The second-order valence-corrected chi connectivity index (χ2v) is 7.13. The molecule has 0 radical (unpaired) electrons. The number of aryl methyl sites for hydroxylation is 1. The van der Waals surface area contributed by atoms with E-state index in [9.17, 15) is 14.4 Å². The van der Waals surface area contributed by atoms with Crippen molar-refractivity contribution in [3.8, 4) is 11.5 Å². The predicted molar refractivity (Wildman–Crippen MR) is 113 cm³/mol. The van der Waals surface area contributed by atoms with E-state index in [1.165, 1.54) is 50.0 Å². The summed E-state index contributed by atoms with van der Waals surface area (Å²) in [7, 11) is 5.93. The molecule has 0 fully saturated rings. The van der Waals surface area contributed by atoms with Gasteiger partial charge in [0.1, 0.15) is 12.2 Å². The van der Waals surface area contributed by atoms with E-state index >= 15 is 0 Å². The van der Waals surface area contributed by atoms with Crippen molar-refractivity contribution in [2.24, 2.45) is 19.2 Å². The minimum atomic E-state index is -0.524. The molecule has 11 nitrogen and oxygen atoms in total. The zero-order valence-corrected chi connectivity index (χ0v) is 18.3. The normalized spacial score (nSPS) is 11.2. The molecule has 2 heterocycles. The third-order valence-corrected chi connectivity index (χ3v) is 5.11. The number of fused-ring (bicyclic) bond motifs is 1. The zero-order chi connectivity index (χ0) is 22.0. The first-order valence-electron chi connectivity index (χ1n) is 8.62. The zero-order valence-electron chi connectivity index (χ0n) is 16.7. The van der Waals surface area contributed by atoms with E-state index in [2.05, 4.69) is 31.4 Å². The number of nitrogens with zero attached hydrogens (tertiary/aromatic N) is 5. The predicted octanol–water partition coefficient (Wildman–Crippen LogP) is 0.364. The van der Waals surface area contributed by atoms with Gasteiger partial charge >= 0.3 is 5.69 Å². The summed E-state index contributed by atoms with van der Waals surface area (Å²) >= 11 is 3.41. The van der Waals surface area contributed by atoms with Crippen LogP contribution in [-0.2, 0) is 25.4 Å². The van der Waals surface area contributed by atoms with E-state index in [0.717, 1.165) is 4.57 Å². The van der Waals surface area contributed by atoms with E-state index in [1.54, 1.807) is 12.1 Å². The molecule has 0 spiro atoms. The Balaban J connectivity index is 1.79. The van der Waals surface area contributed by atoms with Crippen molar-refractivity contribution in [3.05, 3.63) is 49.3 Å². The van der Waals surface area contributed by atoms with Gasteiger partial charge in [-0.25, -0.2) is 15.2 Å². The maximum Gasteiger partial charge on any atom is 0.332 e. The molecule has 2 aromatic heterocycles. The molecule has 0 saturated carbocycles.